The average Bonchev–Trinajstić information content (AvgIpc) is 2.70. The van der Waals surface area contributed by atoms with Crippen LogP contribution in [0.3, 0.4) is 0 Å². The molecule has 0 radical (unpaired) electrons. The zero-order valence-electron chi connectivity index (χ0n) is 16.1. The van der Waals surface area contributed by atoms with Crippen LogP contribution in [0.1, 0.15) is 32.3 Å². The summed E-state index contributed by atoms with van der Waals surface area (Å²) in [5.74, 6) is -0.970. The Labute approximate surface area is 161 Å². The molecular weight excluding hydrogens is 344 g/mol. The van der Waals surface area contributed by atoms with Gasteiger partial charge in [-0.15, -0.1) is 0 Å². The molecule has 0 bridgehead atoms. The quantitative estimate of drug-likeness (QED) is 0.459. The molecule has 0 heterocycles. The number of esters is 2. The average molecular weight is 372 g/mol. The monoisotopic (exact) mass is 372 g/mol. The lowest BCUT2D eigenvalue weighted by Crippen LogP contribution is -2.38. The van der Waals surface area contributed by atoms with Gasteiger partial charge in [-0.25, -0.2) is 9.59 Å². The SMILES string of the molecule is C=CC(=O)OCC(CCC)(COC(=O)C=C)c1ccccc1.C=CC(C)=O. The molecule has 0 N–H and O–H groups in total. The van der Waals surface area contributed by atoms with Crippen molar-refractivity contribution in [2.75, 3.05) is 13.2 Å². The van der Waals surface area contributed by atoms with E-state index in [9.17, 15) is 14.4 Å². The fraction of sp³-hybridized carbons (Fsp3) is 0.318. The van der Waals surface area contributed by atoms with Gasteiger partial charge in [0.15, 0.2) is 5.78 Å². The van der Waals surface area contributed by atoms with Gasteiger partial charge in [-0.2, -0.15) is 0 Å². The van der Waals surface area contributed by atoms with Gasteiger partial charge in [0.2, 0.25) is 0 Å². The molecule has 146 valence electrons. The van der Waals surface area contributed by atoms with Gasteiger partial charge in [0.05, 0.1) is 5.41 Å². The molecule has 1 aromatic carbocycles. The van der Waals surface area contributed by atoms with Crippen LogP contribution in [0.25, 0.3) is 0 Å². The van der Waals surface area contributed by atoms with E-state index in [1.807, 2.05) is 37.3 Å². The Morgan fingerprint density at radius 2 is 1.37 bits per heavy atom. The highest BCUT2D eigenvalue weighted by Gasteiger charge is 2.34. The maximum Gasteiger partial charge on any atom is 0.330 e. The van der Waals surface area contributed by atoms with Crippen molar-refractivity contribution in [3.05, 3.63) is 73.9 Å². The Kier molecular flexibility index (Phi) is 11.8. The van der Waals surface area contributed by atoms with Crippen LogP contribution in [0.15, 0.2) is 68.3 Å². The van der Waals surface area contributed by atoms with E-state index in [4.69, 9.17) is 9.47 Å². The van der Waals surface area contributed by atoms with Gasteiger partial charge in [0.25, 0.3) is 0 Å². The number of rotatable bonds is 10. The first kappa shape index (κ1) is 24.1. The molecule has 27 heavy (non-hydrogen) atoms. The molecule has 0 aliphatic rings. The maximum atomic E-state index is 11.4. The first-order valence-corrected chi connectivity index (χ1v) is 8.62. The summed E-state index contributed by atoms with van der Waals surface area (Å²) in [4.78, 5) is 32.5. The number of benzene rings is 1. The normalized spacial score (nSPS) is 9.85. The smallest absolute Gasteiger partial charge is 0.330 e. The Morgan fingerprint density at radius 1 is 0.926 bits per heavy atom. The summed E-state index contributed by atoms with van der Waals surface area (Å²) in [5, 5.41) is 0. The lowest BCUT2D eigenvalue weighted by Gasteiger charge is -2.33. The molecule has 0 fully saturated rings. The van der Waals surface area contributed by atoms with E-state index in [2.05, 4.69) is 19.7 Å². The number of ketones is 1. The second kappa shape index (κ2) is 13.3. The van der Waals surface area contributed by atoms with Crippen molar-refractivity contribution in [1.29, 1.82) is 0 Å². The minimum absolute atomic E-state index is 0.0185. The van der Waals surface area contributed by atoms with E-state index in [0.29, 0.717) is 6.42 Å². The summed E-state index contributed by atoms with van der Waals surface area (Å²) >= 11 is 0. The van der Waals surface area contributed by atoms with Crippen molar-refractivity contribution in [2.45, 2.75) is 32.1 Å². The molecule has 0 saturated carbocycles. The second-order valence-electron chi connectivity index (χ2n) is 5.83. The summed E-state index contributed by atoms with van der Waals surface area (Å²) in [6.45, 7) is 13.7. The minimum atomic E-state index is -0.576. The van der Waals surface area contributed by atoms with E-state index in [-0.39, 0.29) is 19.0 Å². The Hall–Kier alpha value is -2.95. The van der Waals surface area contributed by atoms with Crippen molar-refractivity contribution in [1.82, 2.24) is 0 Å². The van der Waals surface area contributed by atoms with E-state index in [1.54, 1.807) is 0 Å². The molecule has 0 unspecified atom stereocenters. The van der Waals surface area contributed by atoms with Crippen molar-refractivity contribution >= 4 is 17.7 Å². The predicted molar refractivity (Wildman–Crippen MR) is 106 cm³/mol. The highest BCUT2D eigenvalue weighted by Crippen LogP contribution is 2.31. The molecule has 0 aliphatic heterocycles. The number of carbonyl (C=O) groups is 3. The fourth-order valence-electron chi connectivity index (χ4n) is 2.30. The molecule has 0 saturated heterocycles. The van der Waals surface area contributed by atoms with E-state index in [1.165, 1.54) is 13.0 Å². The molecule has 5 nitrogen and oxygen atoms in total. The molecule has 0 aromatic heterocycles. The predicted octanol–water partition coefficient (Wildman–Crippen LogP) is 3.94. The second-order valence-corrected chi connectivity index (χ2v) is 5.83. The Bertz CT molecular complexity index is 622. The molecule has 0 aliphatic carbocycles. The van der Waals surface area contributed by atoms with Crippen LogP contribution in [0, 0.1) is 0 Å². The Balaban J connectivity index is 0.00000119. The lowest BCUT2D eigenvalue weighted by atomic mass is 9.78. The molecule has 5 heteroatoms. The summed E-state index contributed by atoms with van der Waals surface area (Å²) in [6, 6.07) is 9.61. The highest BCUT2D eigenvalue weighted by atomic mass is 16.5. The summed E-state index contributed by atoms with van der Waals surface area (Å²) in [7, 11) is 0. The van der Waals surface area contributed by atoms with Crippen LogP contribution in [-0.2, 0) is 29.3 Å². The van der Waals surface area contributed by atoms with Crippen LogP contribution in [-0.4, -0.2) is 30.9 Å². The number of ether oxygens (including phenoxy) is 2. The zero-order valence-corrected chi connectivity index (χ0v) is 16.1. The highest BCUT2D eigenvalue weighted by molar-refractivity contribution is 5.86. The topological polar surface area (TPSA) is 69.7 Å². The standard InChI is InChI=1S/C18H22O4.C4H6O/c1-4-12-18(13-21-16(19)5-2,14-22-17(20)6-3)15-10-8-7-9-11-15;1-3-4(2)5/h5-11H,2-4,12-14H2,1H3;3H,1H2,2H3. The van der Waals surface area contributed by atoms with E-state index in [0.717, 1.165) is 24.1 Å². The third-order valence-corrected chi connectivity index (χ3v) is 3.72. The third-order valence-electron chi connectivity index (χ3n) is 3.72. The molecular formula is C22H28O5. The summed E-state index contributed by atoms with van der Waals surface area (Å²) in [6.07, 6.45) is 5.09. The van der Waals surface area contributed by atoms with Crippen molar-refractivity contribution in [3.63, 3.8) is 0 Å². The van der Waals surface area contributed by atoms with Gasteiger partial charge in [-0.3, -0.25) is 4.79 Å². The van der Waals surface area contributed by atoms with Crippen molar-refractivity contribution in [3.8, 4) is 0 Å². The van der Waals surface area contributed by atoms with Gasteiger partial charge in [-0.1, -0.05) is 63.4 Å². The maximum absolute atomic E-state index is 11.4. The number of hydrogen-bond acceptors (Lipinski definition) is 5. The van der Waals surface area contributed by atoms with Crippen LogP contribution in [0.5, 0.6) is 0 Å². The number of allylic oxidation sites excluding steroid dienone is 1. The fourth-order valence-corrected chi connectivity index (χ4v) is 2.30. The lowest BCUT2D eigenvalue weighted by molar-refractivity contribution is -0.144. The van der Waals surface area contributed by atoms with Crippen molar-refractivity contribution in [2.24, 2.45) is 0 Å². The van der Waals surface area contributed by atoms with Gasteiger partial charge >= 0.3 is 11.9 Å². The van der Waals surface area contributed by atoms with E-state index < -0.39 is 17.4 Å². The van der Waals surface area contributed by atoms with Crippen molar-refractivity contribution < 1.29 is 23.9 Å². The van der Waals surface area contributed by atoms with Crippen LogP contribution >= 0.6 is 0 Å². The molecule has 0 amide bonds. The van der Waals surface area contributed by atoms with E-state index >= 15 is 0 Å². The number of hydrogen-bond donors (Lipinski definition) is 0. The van der Waals surface area contributed by atoms with Gasteiger partial charge < -0.3 is 9.47 Å². The number of carbonyl (C=O) groups excluding carboxylic acids is 3. The third kappa shape index (κ3) is 9.35. The summed E-state index contributed by atoms with van der Waals surface area (Å²) in [5.41, 5.74) is 0.387. The molecule has 1 aromatic rings. The van der Waals surface area contributed by atoms with Gasteiger partial charge in [0, 0.05) is 12.2 Å². The molecule has 1 rings (SSSR count). The molecule has 0 atom stereocenters. The first-order valence-electron chi connectivity index (χ1n) is 8.62. The largest absolute Gasteiger partial charge is 0.461 e. The first-order chi connectivity index (χ1) is 12.8. The zero-order chi connectivity index (χ0) is 20.7. The summed E-state index contributed by atoms with van der Waals surface area (Å²) < 4.78 is 10.5. The van der Waals surface area contributed by atoms with Crippen LogP contribution in [0.4, 0.5) is 0 Å². The molecule has 0 spiro atoms. The Morgan fingerprint density at radius 3 is 1.70 bits per heavy atom. The van der Waals surface area contributed by atoms with Gasteiger partial charge in [-0.05, 0) is 25.0 Å². The van der Waals surface area contributed by atoms with Crippen LogP contribution < -0.4 is 0 Å². The van der Waals surface area contributed by atoms with Gasteiger partial charge in [0.1, 0.15) is 13.2 Å². The minimum Gasteiger partial charge on any atom is -0.461 e. The van der Waals surface area contributed by atoms with Crippen LogP contribution in [0.2, 0.25) is 0 Å².